The number of rotatable bonds is 7. The quantitative estimate of drug-likeness (QED) is 0.373. The standard InChI is InChI=1S/C28H28N6O5/c1-33-13-11-19-15-22-25(39-16-38-22)26(37-2)23(19)24(33)27-30-31-32-34(27)21-9-5-18(6-10-21)28(36)29-20-7-3-17(4-8-20)12-14-35/h3-10,15,24,35H,11-14,16H2,1-2H3,(H,29,36)/t24-/m1/s1. The highest BCUT2D eigenvalue weighted by molar-refractivity contribution is 6.04. The van der Waals surface area contributed by atoms with Gasteiger partial charge in [-0.3, -0.25) is 9.69 Å². The van der Waals surface area contributed by atoms with E-state index in [1.54, 1.807) is 23.9 Å². The van der Waals surface area contributed by atoms with Gasteiger partial charge < -0.3 is 24.6 Å². The van der Waals surface area contributed by atoms with Crippen molar-refractivity contribution in [3.8, 4) is 22.9 Å². The van der Waals surface area contributed by atoms with Gasteiger partial charge in [-0.25, -0.2) is 0 Å². The molecule has 2 N–H and O–H groups in total. The summed E-state index contributed by atoms with van der Waals surface area (Å²) >= 11 is 0. The van der Waals surface area contributed by atoms with Crippen molar-refractivity contribution < 1.29 is 24.1 Å². The maximum absolute atomic E-state index is 12.8. The molecule has 0 aliphatic carbocycles. The van der Waals surface area contributed by atoms with Crippen LogP contribution in [0, 0.1) is 0 Å². The third-order valence-electron chi connectivity index (χ3n) is 7.12. The number of nitrogens with one attached hydrogen (secondary N) is 1. The van der Waals surface area contributed by atoms with E-state index in [0.29, 0.717) is 40.7 Å². The molecule has 0 saturated heterocycles. The van der Waals surface area contributed by atoms with E-state index in [1.165, 1.54) is 0 Å². The number of tetrazole rings is 1. The predicted octanol–water partition coefficient (Wildman–Crippen LogP) is 2.76. The zero-order valence-corrected chi connectivity index (χ0v) is 21.6. The molecule has 11 heteroatoms. The number of benzene rings is 3. The van der Waals surface area contributed by atoms with Crippen molar-refractivity contribution >= 4 is 11.6 Å². The number of aromatic nitrogens is 4. The number of nitrogens with zero attached hydrogens (tertiary/aromatic N) is 5. The molecule has 3 aromatic carbocycles. The molecule has 6 rings (SSSR count). The molecule has 0 spiro atoms. The average molecular weight is 529 g/mol. The Morgan fingerprint density at radius 1 is 1.15 bits per heavy atom. The molecule has 1 aromatic heterocycles. The summed E-state index contributed by atoms with van der Waals surface area (Å²) in [6.07, 6.45) is 1.40. The first-order valence-corrected chi connectivity index (χ1v) is 12.7. The van der Waals surface area contributed by atoms with Gasteiger partial charge >= 0.3 is 0 Å². The Bertz CT molecular complexity index is 1500. The minimum atomic E-state index is -0.287. The van der Waals surface area contributed by atoms with Gasteiger partial charge in [0.25, 0.3) is 5.91 Å². The number of anilines is 1. The molecular formula is C28H28N6O5. The van der Waals surface area contributed by atoms with E-state index in [2.05, 4.69) is 25.7 Å². The summed E-state index contributed by atoms with van der Waals surface area (Å²) in [6, 6.07) is 16.3. The Morgan fingerprint density at radius 3 is 2.69 bits per heavy atom. The van der Waals surface area contributed by atoms with E-state index in [9.17, 15) is 4.79 Å². The second kappa shape index (κ2) is 10.4. The van der Waals surface area contributed by atoms with Gasteiger partial charge in [0.2, 0.25) is 12.5 Å². The highest BCUT2D eigenvalue weighted by Crippen LogP contribution is 2.50. The SMILES string of the molecule is COc1c2c(cc3c1[C@H](c1nnnn1-c1ccc(C(=O)Nc4ccc(CCO)cc4)cc1)N(C)CC3)OCO2. The number of carbonyl (C=O) groups excluding carboxylic acids is 1. The first-order valence-electron chi connectivity index (χ1n) is 12.7. The Labute approximate surface area is 224 Å². The van der Waals surface area contributed by atoms with Crippen molar-refractivity contribution in [3.05, 3.63) is 82.7 Å². The maximum Gasteiger partial charge on any atom is 0.255 e. The van der Waals surface area contributed by atoms with Crippen molar-refractivity contribution in [2.45, 2.75) is 18.9 Å². The van der Waals surface area contributed by atoms with Crippen LogP contribution >= 0.6 is 0 Å². The number of likely N-dealkylation sites (N-methyl/N-ethyl adjacent to an activating group) is 1. The monoisotopic (exact) mass is 528 g/mol. The maximum atomic E-state index is 12.8. The molecule has 2 aliphatic heterocycles. The number of aliphatic hydroxyl groups is 1. The Kier molecular flexibility index (Phi) is 6.59. The minimum absolute atomic E-state index is 0.0868. The average Bonchev–Trinajstić information content (AvgIpc) is 3.63. The lowest BCUT2D eigenvalue weighted by Gasteiger charge is -2.34. The van der Waals surface area contributed by atoms with Gasteiger partial charge in [-0.1, -0.05) is 12.1 Å². The number of carbonyl (C=O) groups is 1. The molecule has 39 heavy (non-hydrogen) atoms. The van der Waals surface area contributed by atoms with Crippen molar-refractivity contribution in [2.75, 3.05) is 39.4 Å². The van der Waals surface area contributed by atoms with Crippen LogP contribution in [-0.2, 0) is 12.8 Å². The van der Waals surface area contributed by atoms with E-state index in [0.717, 1.165) is 35.3 Å². The lowest BCUT2D eigenvalue weighted by Crippen LogP contribution is -2.35. The molecule has 4 aromatic rings. The van der Waals surface area contributed by atoms with Gasteiger partial charge in [-0.2, -0.15) is 4.68 Å². The minimum Gasteiger partial charge on any atom is -0.492 e. The first kappa shape index (κ1) is 24.8. The van der Waals surface area contributed by atoms with E-state index in [-0.39, 0.29) is 25.3 Å². The summed E-state index contributed by atoms with van der Waals surface area (Å²) in [5.41, 5.74) is 4.97. The van der Waals surface area contributed by atoms with Gasteiger partial charge in [0.15, 0.2) is 17.3 Å². The summed E-state index contributed by atoms with van der Waals surface area (Å²) in [4.78, 5) is 15.0. The fraction of sp³-hybridized carbons (Fsp3) is 0.286. The van der Waals surface area contributed by atoms with Crippen LogP contribution in [0.25, 0.3) is 5.69 Å². The normalized spacial score (nSPS) is 16.1. The molecule has 3 heterocycles. The fourth-order valence-electron chi connectivity index (χ4n) is 5.15. The van der Waals surface area contributed by atoms with Crippen LogP contribution in [0.15, 0.2) is 54.6 Å². The molecule has 200 valence electrons. The van der Waals surface area contributed by atoms with Crippen LogP contribution < -0.4 is 19.5 Å². The molecule has 0 fully saturated rings. The molecule has 0 saturated carbocycles. The number of fused-ring (bicyclic) bond motifs is 2. The van der Waals surface area contributed by atoms with Crippen molar-refractivity contribution in [2.24, 2.45) is 0 Å². The summed E-state index contributed by atoms with van der Waals surface area (Å²) in [7, 11) is 3.65. The highest BCUT2D eigenvalue weighted by atomic mass is 16.7. The summed E-state index contributed by atoms with van der Waals surface area (Å²) in [5, 5.41) is 24.7. The zero-order valence-electron chi connectivity index (χ0n) is 21.6. The van der Waals surface area contributed by atoms with Crippen LogP contribution in [0.5, 0.6) is 17.2 Å². The molecule has 0 bridgehead atoms. The summed E-state index contributed by atoms with van der Waals surface area (Å²) in [5.74, 6) is 2.30. The number of aliphatic hydroxyl groups excluding tert-OH is 1. The third-order valence-corrected chi connectivity index (χ3v) is 7.12. The van der Waals surface area contributed by atoms with E-state index in [4.69, 9.17) is 19.3 Å². The van der Waals surface area contributed by atoms with E-state index in [1.807, 2.05) is 49.5 Å². The van der Waals surface area contributed by atoms with E-state index < -0.39 is 0 Å². The van der Waals surface area contributed by atoms with Crippen molar-refractivity contribution in [1.29, 1.82) is 0 Å². The molecule has 0 unspecified atom stereocenters. The van der Waals surface area contributed by atoms with Gasteiger partial charge in [-0.05, 0) is 83.9 Å². The topological polar surface area (TPSA) is 124 Å². The summed E-state index contributed by atoms with van der Waals surface area (Å²) < 4.78 is 18.9. The summed E-state index contributed by atoms with van der Waals surface area (Å²) in [6.45, 7) is 1.04. The van der Waals surface area contributed by atoms with Crippen LogP contribution in [0.4, 0.5) is 5.69 Å². The lowest BCUT2D eigenvalue weighted by molar-refractivity contribution is 0.102. The Morgan fingerprint density at radius 2 is 1.95 bits per heavy atom. The highest BCUT2D eigenvalue weighted by Gasteiger charge is 2.37. The second-order valence-corrected chi connectivity index (χ2v) is 9.47. The van der Waals surface area contributed by atoms with Crippen LogP contribution in [0.2, 0.25) is 0 Å². The molecule has 11 nitrogen and oxygen atoms in total. The van der Waals surface area contributed by atoms with Crippen LogP contribution in [-0.4, -0.2) is 70.2 Å². The smallest absolute Gasteiger partial charge is 0.255 e. The Balaban J connectivity index is 1.28. The van der Waals surface area contributed by atoms with Crippen molar-refractivity contribution in [1.82, 2.24) is 25.1 Å². The van der Waals surface area contributed by atoms with Gasteiger partial charge in [0, 0.05) is 30.0 Å². The number of hydrogen-bond acceptors (Lipinski definition) is 9. The van der Waals surface area contributed by atoms with Gasteiger partial charge in [-0.15, -0.1) is 5.10 Å². The molecule has 1 amide bonds. The van der Waals surface area contributed by atoms with E-state index >= 15 is 0 Å². The first-order chi connectivity index (χ1) is 19.1. The predicted molar refractivity (Wildman–Crippen MR) is 142 cm³/mol. The Hall–Kier alpha value is -4.48. The third kappa shape index (κ3) is 4.55. The van der Waals surface area contributed by atoms with Gasteiger partial charge in [0.05, 0.1) is 12.8 Å². The van der Waals surface area contributed by atoms with Crippen LogP contribution in [0.1, 0.15) is 38.9 Å². The fourth-order valence-corrected chi connectivity index (χ4v) is 5.15. The number of ether oxygens (including phenoxy) is 3. The zero-order chi connectivity index (χ0) is 26.9. The molecule has 1 atom stereocenters. The largest absolute Gasteiger partial charge is 0.492 e. The molecular weight excluding hydrogens is 500 g/mol. The lowest BCUT2D eigenvalue weighted by atomic mass is 9.90. The van der Waals surface area contributed by atoms with Crippen molar-refractivity contribution in [3.63, 3.8) is 0 Å². The second-order valence-electron chi connectivity index (χ2n) is 9.47. The molecule has 2 aliphatic rings. The number of amides is 1. The number of hydrogen-bond donors (Lipinski definition) is 2. The number of methoxy groups -OCH3 is 1. The van der Waals surface area contributed by atoms with Gasteiger partial charge in [0.1, 0.15) is 6.04 Å². The molecule has 0 radical (unpaired) electrons. The van der Waals surface area contributed by atoms with Crippen LogP contribution in [0.3, 0.4) is 0 Å².